The summed E-state index contributed by atoms with van der Waals surface area (Å²) in [6.45, 7) is 0. The Morgan fingerprint density at radius 1 is 0.962 bits per heavy atom. The number of nitrogens with one attached hydrogen (secondary N) is 2. The van der Waals surface area contributed by atoms with Crippen LogP contribution in [-0.4, -0.2) is 18.0 Å². The number of carbonyl (C=O) groups is 1. The van der Waals surface area contributed by atoms with Crippen molar-refractivity contribution in [2.45, 2.75) is 0 Å². The summed E-state index contributed by atoms with van der Waals surface area (Å²) >= 11 is 11.8. The highest BCUT2D eigenvalue weighted by Gasteiger charge is 2.11. The third-order valence-electron chi connectivity index (χ3n) is 3.54. The van der Waals surface area contributed by atoms with Crippen LogP contribution in [0.15, 0.2) is 60.8 Å². The summed E-state index contributed by atoms with van der Waals surface area (Å²) in [7, 11) is 1.52. The number of pyridine rings is 1. The SMILES string of the molecule is COc1ccc(Cl)cc1NC(=O)c1ccc(Nc2ccc(Cl)cc2)cn1. The minimum Gasteiger partial charge on any atom is -0.495 e. The molecule has 3 aromatic rings. The van der Waals surface area contributed by atoms with Crippen LogP contribution in [0.2, 0.25) is 10.0 Å². The number of aromatic nitrogens is 1. The zero-order valence-corrected chi connectivity index (χ0v) is 15.3. The molecule has 0 saturated heterocycles. The molecule has 7 heteroatoms. The smallest absolute Gasteiger partial charge is 0.274 e. The molecule has 0 aliphatic rings. The van der Waals surface area contributed by atoms with E-state index in [0.29, 0.717) is 21.5 Å². The average molecular weight is 388 g/mol. The maximum absolute atomic E-state index is 12.4. The molecule has 1 amide bonds. The van der Waals surface area contributed by atoms with Crippen molar-refractivity contribution in [3.05, 3.63) is 76.5 Å². The van der Waals surface area contributed by atoms with Crippen LogP contribution in [0.25, 0.3) is 0 Å². The molecule has 0 unspecified atom stereocenters. The molecular weight excluding hydrogens is 373 g/mol. The molecule has 0 spiro atoms. The molecule has 26 heavy (non-hydrogen) atoms. The van der Waals surface area contributed by atoms with Crippen molar-refractivity contribution in [1.29, 1.82) is 0 Å². The van der Waals surface area contributed by atoms with Crippen LogP contribution >= 0.6 is 23.2 Å². The Bertz CT molecular complexity index is 913. The molecule has 2 N–H and O–H groups in total. The van der Waals surface area contributed by atoms with E-state index in [9.17, 15) is 4.79 Å². The van der Waals surface area contributed by atoms with Crippen molar-refractivity contribution in [3.63, 3.8) is 0 Å². The van der Waals surface area contributed by atoms with Gasteiger partial charge in [-0.15, -0.1) is 0 Å². The van der Waals surface area contributed by atoms with Crippen molar-refractivity contribution in [3.8, 4) is 5.75 Å². The molecule has 0 radical (unpaired) electrons. The van der Waals surface area contributed by atoms with Crippen LogP contribution in [0, 0.1) is 0 Å². The number of halogens is 2. The van der Waals surface area contributed by atoms with Gasteiger partial charge in [0, 0.05) is 15.7 Å². The fraction of sp³-hybridized carbons (Fsp3) is 0.0526. The first-order valence-electron chi connectivity index (χ1n) is 7.69. The summed E-state index contributed by atoms with van der Waals surface area (Å²) in [5.41, 5.74) is 2.38. The van der Waals surface area contributed by atoms with Crippen molar-refractivity contribution < 1.29 is 9.53 Å². The van der Waals surface area contributed by atoms with E-state index in [0.717, 1.165) is 11.4 Å². The number of rotatable bonds is 5. The molecule has 132 valence electrons. The van der Waals surface area contributed by atoms with E-state index in [2.05, 4.69) is 15.6 Å². The van der Waals surface area contributed by atoms with E-state index in [-0.39, 0.29) is 11.6 Å². The molecule has 0 atom stereocenters. The van der Waals surface area contributed by atoms with Gasteiger partial charge >= 0.3 is 0 Å². The number of ether oxygens (including phenoxy) is 1. The Labute approximate surface area is 160 Å². The van der Waals surface area contributed by atoms with Crippen LogP contribution in [0.3, 0.4) is 0 Å². The number of carbonyl (C=O) groups excluding carboxylic acids is 1. The van der Waals surface area contributed by atoms with E-state index in [1.54, 1.807) is 48.7 Å². The quantitative estimate of drug-likeness (QED) is 0.615. The second kappa shape index (κ2) is 8.08. The normalized spacial score (nSPS) is 10.3. The number of hydrogen-bond acceptors (Lipinski definition) is 4. The van der Waals surface area contributed by atoms with Crippen LogP contribution in [-0.2, 0) is 0 Å². The first-order valence-corrected chi connectivity index (χ1v) is 8.44. The van der Waals surface area contributed by atoms with Crippen LogP contribution in [0.5, 0.6) is 5.75 Å². The van der Waals surface area contributed by atoms with Gasteiger partial charge in [0.05, 0.1) is 24.7 Å². The molecule has 0 aliphatic heterocycles. The van der Waals surface area contributed by atoms with Gasteiger partial charge in [0.2, 0.25) is 0 Å². The fourth-order valence-electron chi connectivity index (χ4n) is 2.27. The van der Waals surface area contributed by atoms with Crippen LogP contribution < -0.4 is 15.4 Å². The van der Waals surface area contributed by atoms with Gasteiger partial charge in [0.15, 0.2) is 0 Å². The standard InChI is InChI=1S/C19H15Cl2N3O2/c1-26-18-9-4-13(21)10-17(18)24-19(25)16-8-7-15(11-22-16)23-14-5-2-12(20)3-6-14/h2-11,23H,1H3,(H,24,25). The Hall–Kier alpha value is -2.76. The van der Waals surface area contributed by atoms with E-state index in [4.69, 9.17) is 27.9 Å². The minimum absolute atomic E-state index is 0.272. The van der Waals surface area contributed by atoms with Gasteiger partial charge in [0.1, 0.15) is 11.4 Å². The minimum atomic E-state index is -0.358. The molecule has 2 aromatic carbocycles. The first kappa shape index (κ1) is 18.0. The molecule has 0 bridgehead atoms. The van der Waals surface area contributed by atoms with Gasteiger partial charge < -0.3 is 15.4 Å². The van der Waals surface area contributed by atoms with E-state index in [1.807, 2.05) is 12.1 Å². The second-order valence-corrected chi connectivity index (χ2v) is 6.24. The van der Waals surface area contributed by atoms with Crippen LogP contribution in [0.4, 0.5) is 17.1 Å². The average Bonchev–Trinajstić information content (AvgIpc) is 2.64. The Kier molecular flexibility index (Phi) is 5.61. The van der Waals surface area contributed by atoms with Crippen molar-refractivity contribution >= 4 is 46.2 Å². The molecule has 0 fully saturated rings. The summed E-state index contributed by atoms with van der Waals surface area (Å²) in [5.74, 6) is 0.160. The van der Waals surface area contributed by atoms with E-state index in [1.165, 1.54) is 7.11 Å². The lowest BCUT2D eigenvalue weighted by atomic mass is 10.2. The third kappa shape index (κ3) is 4.45. The maximum atomic E-state index is 12.4. The number of amides is 1. The summed E-state index contributed by atoms with van der Waals surface area (Å²) in [4.78, 5) is 16.6. The zero-order valence-electron chi connectivity index (χ0n) is 13.8. The number of methoxy groups -OCH3 is 1. The molecular formula is C19H15Cl2N3O2. The molecule has 1 heterocycles. The summed E-state index contributed by atoms with van der Waals surface area (Å²) in [6.07, 6.45) is 1.58. The Morgan fingerprint density at radius 3 is 2.31 bits per heavy atom. The Balaban J connectivity index is 1.71. The van der Waals surface area contributed by atoms with E-state index < -0.39 is 0 Å². The molecule has 1 aromatic heterocycles. The number of benzene rings is 2. The lowest BCUT2D eigenvalue weighted by molar-refractivity contribution is 0.102. The first-order chi connectivity index (χ1) is 12.5. The predicted octanol–water partition coefficient (Wildman–Crippen LogP) is 5.39. The summed E-state index contributed by atoms with van der Waals surface area (Å²) < 4.78 is 5.22. The topological polar surface area (TPSA) is 63.2 Å². The monoisotopic (exact) mass is 387 g/mol. The molecule has 0 saturated carbocycles. The Morgan fingerprint density at radius 2 is 1.65 bits per heavy atom. The van der Waals surface area contributed by atoms with Gasteiger partial charge in [-0.2, -0.15) is 0 Å². The van der Waals surface area contributed by atoms with Crippen molar-refractivity contribution in [1.82, 2.24) is 4.98 Å². The van der Waals surface area contributed by atoms with E-state index >= 15 is 0 Å². The molecule has 5 nitrogen and oxygen atoms in total. The molecule has 0 aliphatic carbocycles. The van der Waals surface area contributed by atoms with Gasteiger partial charge in [-0.3, -0.25) is 4.79 Å². The van der Waals surface area contributed by atoms with Crippen molar-refractivity contribution in [2.24, 2.45) is 0 Å². The van der Waals surface area contributed by atoms with Gasteiger partial charge in [-0.25, -0.2) is 4.98 Å². The largest absolute Gasteiger partial charge is 0.495 e. The fourth-order valence-corrected chi connectivity index (χ4v) is 2.56. The number of hydrogen-bond donors (Lipinski definition) is 2. The van der Waals surface area contributed by atoms with Gasteiger partial charge in [-0.1, -0.05) is 23.2 Å². The number of nitrogens with zero attached hydrogens (tertiary/aromatic N) is 1. The summed E-state index contributed by atoms with van der Waals surface area (Å²) in [6, 6.07) is 15.7. The lowest BCUT2D eigenvalue weighted by Gasteiger charge is -2.11. The van der Waals surface area contributed by atoms with Gasteiger partial charge in [0.25, 0.3) is 5.91 Å². The van der Waals surface area contributed by atoms with Crippen LogP contribution in [0.1, 0.15) is 10.5 Å². The predicted molar refractivity (Wildman–Crippen MR) is 105 cm³/mol. The second-order valence-electron chi connectivity index (χ2n) is 5.36. The van der Waals surface area contributed by atoms with Crippen molar-refractivity contribution in [2.75, 3.05) is 17.7 Å². The highest BCUT2D eigenvalue weighted by Crippen LogP contribution is 2.28. The third-order valence-corrected chi connectivity index (χ3v) is 4.03. The zero-order chi connectivity index (χ0) is 18.5. The van der Waals surface area contributed by atoms with Gasteiger partial charge in [-0.05, 0) is 54.6 Å². The highest BCUT2D eigenvalue weighted by atomic mass is 35.5. The number of anilines is 3. The highest BCUT2D eigenvalue weighted by molar-refractivity contribution is 6.31. The maximum Gasteiger partial charge on any atom is 0.274 e. The lowest BCUT2D eigenvalue weighted by Crippen LogP contribution is -2.14. The summed E-state index contributed by atoms with van der Waals surface area (Å²) in [5, 5.41) is 7.09. The molecule has 3 rings (SSSR count).